The van der Waals surface area contributed by atoms with Crippen LogP contribution in [0.25, 0.3) is 0 Å². The zero-order chi connectivity index (χ0) is 7.33. The summed E-state index contributed by atoms with van der Waals surface area (Å²) in [4.78, 5) is 16.2. The first-order chi connectivity index (χ1) is 4.06. The van der Waals surface area contributed by atoms with E-state index < -0.39 is 7.82 Å². The van der Waals surface area contributed by atoms with Crippen LogP contribution in [0.2, 0.25) is 0 Å². The summed E-state index contributed by atoms with van der Waals surface area (Å²) in [6.45, 7) is 2.32. The Hall–Kier alpha value is 0.0700. The van der Waals surface area contributed by atoms with E-state index in [0.717, 1.165) is 0 Å². The summed E-state index contributed by atoms with van der Waals surface area (Å²) in [6.07, 6.45) is 0. The molecule has 0 saturated heterocycles. The van der Waals surface area contributed by atoms with Gasteiger partial charge in [0.2, 0.25) is 0 Å². The summed E-state index contributed by atoms with van der Waals surface area (Å²) >= 11 is 0. The molecule has 0 atom stereocenters. The summed E-state index contributed by atoms with van der Waals surface area (Å²) in [5.41, 5.74) is 0. The van der Waals surface area contributed by atoms with Gasteiger partial charge < -0.3 is 9.79 Å². The molecule has 0 aromatic carbocycles. The van der Waals surface area contributed by atoms with Gasteiger partial charge in [-0.05, 0) is 6.54 Å². The molecule has 3 N–H and O–H groups in total. The Morgan fingerprint density at radius 2 is 2.22 bits per heavy atom. The van der Waals surface area contributed by atoms with E-state index in [1.165, 1.54) is 0 Å². The fourth-order valence-corrected chi connectivity index (χ4v) is 0.491. The predicted molar refractivity (Wildman–Crippen MR) is 31.7 cm³/mol. The molecule has 0 bridgehead atoms. The quantitative estimate of drug-likeness (QED) is 0.294. The van der Waals surface area contributed by atoms with E-state index in [0.29, 0.717) is 6.54 Å². The minimum Gasteiger partial charge on any atom is -0.303 e. The molecule has 0 amide bonds. The van der Waals surface area contributed by atoms with Gasteiger partial charge in [-0.1, -0.05) is 6.92 Å². The highest BCUT2D eigenvalue weighted by Gasteiger charge is 2.11. The third-order valence-corrected chi connectivity index (χ3v) is 1.05. The number of phosphoric ester groups is 1. The lowest BCUT2D eigenvalue weighted by Crippen LogP contribution is -2.15. The number of nitrogens with one attached hydrogen (secondary N) is 1. The van der Waals surface area contributed by atoms with Crippen LogP contribution in [0.1, 0.15) is 6.92 Å². The minimum absolute atomic E-state index is 0.110. The molecule has 0 radical (unpaired) electrons. The molecule has 5 nitrogen and oxygen atoms in total. The van der Waals surface area contributed by atoms with Crippen molar-refractivity contribution in [2.45, 2.75) is 6.92 Å². The predicted octanol–water partition coefficient (Wildman–Crippen LogP) is -0.337. The van der Waals surface area contributed by atoms with Crippen LogP contribution in [0.5, 0.6) is 0 Å². The number of hydrogen-bond donors (Lipinski definition) is 3. The standard InChI is InChI=1S/C3H10NO4P/c1-2-4-3-8-9(5,6)7/h4H,2-3H2,1H3,(H2,5,6,7). The topological polar surface area (TPSA) is 78.8 Å². The third-order valence-electron chi connectivity index (χ3n) is 0.585. The average molecular weight is 155 g/mol. The molecular weight excluding hydrogens is 145 g/mol. The Bertz CT molecular complexity index is 110. The molecule has 9 heavy (non-hydrogen) atoms. The molecule has 0 aliphatic rings. The lowest BCUT2D eigenvalue weighted by atomic mass is 10.8. The summed E-state index contributed by atoms with van der Waals surface area (Å²) in [5.74, 6) is 0. The van der Waals surface area contributed by atoms with Crippen molar-refractivity contribution in [3.63, 3.8) is 0 Å². The first-order valence-corrected chi connectivity index (χ1v) is 4.00. The van der Waals surface area contributed by atoms with E-state index in [2.05, 4.69) is 9.84 Å². The molecule has 0 aromatic rings. The van der Waals surface area contributed by atoms with Gasteiger partial charge in [0.15, 0.2) is 0 Å². The summed E-state index contributed by atoms with van der Waals surface area (Å²) in [7, 11) is -4.26. The molecule has 0 aromatic heterocycles. The van der Waals surface area contributed by atoms with E-state index in [1.807, 2.05) is 6.92 Å². The molecule has 0 heterocycles. The molecule has 0 saturated carbocycles. The van der Waals surface area contributed by atoms with Crippen LogP contribution in [0.15, 0.2) is 0 Å². The van der Waals surface area contributed by atoms with Gasteiger partial charge in [0.05, 0.1) is 0 Å². The highest BCUT2D eigenvalue weighted by Crippen LogP contribution is 2.34. The van der Waals surface area contributed by atoms with Gasteiger partial charge in [0.25, 0.3) is 0 Å². The van der Waals surface area contributed by atoms with E-state index in [-0.39, 0.29) is 6.73 Å². The zero-order valence-electron chi connectivity index (χ0n) is 5.07. The molecule has 6 heteroatoms. The van der Waals surface area contributed by atoms with Crippen molar-refractivity contribution in [3.05, 3.63) is 0 Å². The molecular formula is C3H10NO4P. The van der Waals surface area contributed by atoms with Crippen molar-refractivity contribution in [1.29, 1.82) is 0 Å². The molecule has 0 spiro atoms. The molecule has 0 unspecified atom stereocenters. The molecule has 56 valence electrons. The van der Waals surface area contributed by atoms with Gasteiger partial charge in [-0.15, -0.1) is 0 Å². The Balaban J connectivity index is 3.18. The van der Waals surface area contributed by atoms with Crippen LogP contribution in [-0.2, 0) is 9.09 Å². The molecule has 0 rings (SSSR count). The Morgan fingerprint density at radius 1 is 1.67 bits per heavy atom. The van der Waals surface area contributed by atoms with Crippen molar-refractivity contribution in [2.75, 3.05) is 13.3 Å². The normalized spacial score (nSPS) is 11.9. The van der Waals surface area contributed by atoms with E-state index >= 15 is 0 Å². The SMILES string of the molecule is CCNCOP(=O)(O)O. The maximum absolute atomic E-state index is 9.94. The fraction of sp³-hybridized carbons (Fsp3) is 1.00. The Labute approximate surface area is 53.3 Å². The number of rotatable bonds is 4. The van der Waals surface area contributed by atoms with Gasteiger partial charge in [-0.25, -0.2) is 4.57 Å². The zero-order valence-corrected chi connectivity index (χ0v) is 5.97. The lowest BCUT2D eigenvalue weighted by Gasteiger charge is -2.03. The second-order valence-electron chi connectivity index (χ2n) is 1.37. The first kappa shape index (κ1) is 9.07. The second kappa shape index (κ2) is 3.98. The third kappa shape index (κ3) is 8.07. The molecule has 0 aliphatic carbocycles. The summed E-state index contributed by atoms with van der Waals surface area (Å²) < 4.78 is 14.0. The summed E-state index contributed by atoms with van der Waals surface area (Å²) in [5, 5.41) is 2.59. The van der Waals surface area contributed by atoms with Crippen LogP contribution in [0.3, 0.4) is 0 Å². The maximum Gasteiger partial charge on any atom is 0.470 e. The average Bonchev–Trinajstić information content (AvgIpc) is 1.63. The van der Waals surface area contributed by atoms with Crippen LogP contribution < -0.4 is 5.32 Å². The van der Waals surface area contributed by atoms with Gasteiger partial charge in [0, 0.05) is 0 Å². The fourth-order valence-electron chi connectivity index (χ4n) is 0.232. The van der Waals surface area contributed by atoms with Crippen molar-refractivity contribution in [2.24, 2.45) is 0 Å². The Kier molecular flexibility index (Phi) is 4.01. The monoisotopic (exact) mass is 155 g/mol. The van der Waals surface area contributed by atoms with Crippen LogP contribution >= 0.6 is 7.82 Å². The highest BCUT2D eigenvalue weighted by atomic mass is 31.2. The van der Waals surface area contributed by atoms with Crippen molar-refractivity contribution in [1.82, 2.24) is 5.32 Å². The molecule has 0 fully saturated rings. The van der Waals surface area contributed by atoms with Gasteiger partial charge in [-0.3, -0.25) is 9.84 Å². The first-order valence-electron chi connectivity index (χ1n) is 2.47. The van der Waals surface area contributed by atoms with Gasteiger partial charge in [-0.2, -0.15) is 0 Å². The van der Waals surface area contributed by atoms with Crippen LogP contribution in [0, 0.1) is 0 Å². The minimum atomic E-state index is -4.26. The molecule has 0 aliphatic heterocycles. The van der Waals surface area contributed by atoms with Gasteiger partial charge in [0.1, 0.15) is 6.73 Å². The van der Waals surface area contributed by atoms with Crippen LogP contribution in [0.4, 0.5) is 0 Å². The second-order valence-corrected chi connectivity index (χ2v) is 2.61. The number of hydrogen-bond acceptors (Lipinski definition) is 3. The van der Waals surface area contributed by atoms with E-state index in [1.54, 1.807) is 0 Å². The van der Waals surface area contributed by atoms with E-state index in [9.17, 15) is 4.57 Å². The van der Waals surface area contributed by atoms with Crippen molar-refractivity contribution >= 4 is 7.82 Å². The van der Waals surface area contributed by atoms with E-state index in [4.69, 9.17) is 9.79 Å². The van der Waals surface area contributed by atoms with Gasteiger partial charge >= 0.3 is 7.82 Å². The van der Waals surface area contributed by atoms with Crippen molar-refractivity contribution in [3.8, 4) is 0 Å². The number of phosphoric acid groups is 1. The lowest BCUT2D eigenvalue weighted by molar-refractivity contribution is 0.184. The highest BCUT2D eigenvalue weighted by molar-refractivity contribution is 7.46. The largest absolute Gasteiger partial charge is 0.470 e. The smallest absolute Gasteiger partial charge is 0.303 e. The maximum atomic E-state index is 9.94. The van der Waals surface area contributed by atoms with Crippen molar-refractivity contribution < 1.29 is 18.9 Å². The Morgan fingerprint density at radius 3 is 2.56 bits per heavy atom. The summed E-state index contributed by atoms with van der Waals surface area (Å²) in [6, 6.07) is 0. The van der Waals surface area contributed by atoms with Crippen LogP contribution in [-0.4, -0.2) is 23.1 Å².